The molecule has 2 N–H and O–H groups in total. The Hall–Kier alpha value is -5.37. The number of fused-ring (bicyclic) bond motifs is 2. The summed E-state index contributed by atoms with van der Waals surface area (Å²) < 4.78 is 27.8. The second-order valence-electron chi connectivity index (χ2n) is 12.3. The fourth-order valence-electron chi connectivity index (χ4n) is 6.44. The highest BCUT2D eigenvalue weighted by atomic mass is 19.1. The van der Waals surface area contributed by atoms with Gasteiger partial charge in [-0.05, 0) is 43.9 Å². The first-order valence-corrected chi connectivity index (χ1v) is 16.0. The molecular formula is C36H36FN7O5. The van der Waals surface area contributed by atoms with Crippen LogP contribution in [0.5, 0.6) is 0 Å². The van der Waals surface area contributed by atoms with E-state index in [-0.39, 0.29) is 11.7 Å². The number of pyridine rings is 2. The molecule has 2 amide bonds. The number of amides is 2. The van der Waals surface area contributed by atoms with Crippen molar-refractivity contribution >= 4 is 29.2 Å². The molecule has 2 unspecified atom stereocenters. The van der Waals surface area contributed by atoms with E-state index < -0.39 is 24.0 Å². The second kappa shape index (κ2) is 13.6. The lowest BCUT2D eigenvalue weighted by Gasteiger charge is -2.29. The van der Waals surface area contributed by atoms with Crippen LogP contribution in [-0.4, -0.2) is 87.8 Å². The first kappa shape index (κ1) is 32.2. The molecule has 0 radical (unpaired) electrons. The van der Waals surface area contributed by atoms with Gasteiger partial charge in [0.25, 0.3) is 5.91 Å². The van der Waals surface area contributed by atoms with E-state index in [4.69, 9.17) is 14.5 Å². The number of aromatic nitrogens is 3. The Bertz CT molecular complexity index is 2000. The third-order valence-corrected chi connectivity index (χ3v) is 8.65. The first-order valence-electron chi connectivity index (χ1n) is 16.0. The molecule has 2 aromatic carbocycles. The molecule has 5 aromatic rings. The number of benzene rings is 2. The van der Waals surface area contributed by atoms with Crippen molar-refractivity contribution in [3.8, 4) is 11.3 Å². The predicted octanol–water partition coefficient (Wildman–Crippen LogP) is 5.26. The number of imide groups is 1. The summed E-state index contributed by atoms with van der Waals surface area (Å²) in [6, 6.07) is 21.5. The van der Waals surface area contributed by atoms with Crippen LogP contribution >= 0.6 is 0 Å². The maximum atomic E-state index is 14.0. The van der Waals surface area contributed by atoms with Crippen LogP contribution in [0, 0.1) is 5.82 Å². The third kappa shape index (κ3) is 6.55. The van der Waals surface area contributed by atoms with Gasteiger partial charge in [-0.2, -0.15) is 0 Å². The highest BCUT2D eigenvalue weighted by Crippen LogP contribution is 2.41. The van der Waals surface area contributed by atoms with E-state index in [9.17, 15) is 19.1 Å². The van der Waals surface area contributed by atoms with Crippen molar-refractivity contribution in [3.63, 3.8) is 0 Å². The number of carbonyl (C=O) groups is 2. The average Bonchev–Trinajstić information content (AvgIpc) is 3.52. The molecule has 0 aliphatic carbocycles. The van der Waals surface area contributed by atoms with Crippen LogP contribution in [0.4, 0.5) is 20.7 Å². The molecule has 1 saturated heterocycles. The Balaban J connectivity index is 1.21. The van der Waals surface area contributed by atoms with Crippen molar-refractivity contribution in [2.75, 3.05) is 50.6 Å². The van der Waals surface area contributed by atoms with Crippen LogP contribution in [0.2, 0.25) is 0 Å². The van der Waals surface area contributed by atoms with Gasteiger partial charge in [0.2, 0.25) is 0 Å². The summed E-state index contributed by atoms with van der Waals surface area (Å²) in [5.74, 6) is -0.686. The highest BCUT2D eigenvalue weighted by molar-refractivity contribution is 6.08. The molecule has 0 bridgehead atoms. The average molecular weight is 666 g/mol. The summed E-state index contributed by atoms with van der Waals surface area (Å²) in [4.78, 5) is 40.4. The summed E-state index contributed by atoms with van der Waals surface area (Å²) in [6.45, 7) is 3.23. The third-order valence-electron chi connectivity index (χ3n) is 8.65. The van der Waals surface area contributed by atoms with Crippen molar-refractivity contribution in [2.45, 2.75) is 25.4 Å². The van der Waals surface area contributed by atoms with E-state index in [1.807, 2.05) is 55.4 Å². The van der Waals surface area contributed by atoms with Gasteiger partial charge in [-0.25, -0.2) is 24.1 Å². The fraction of sp³-hybridized carbons (Fsp3) is 0.278. The normalized spacial score (nSPS) is 17.8. The Morgan fingerprint density at radius 2 is 1.92 bits per heavy atom. The molecule has 2 atom stereocenters. The zero-order valence-electron chi connectivity index (χ0n) is 27.1. The number of nitrogens with zero attached hydrogens (tertiary/aromatic N) is 6. The molecular weight excluding hydrogens is 629 g/mol. The van der Waals surface area contributed by atoms with Gasteiger partial charge in [0.05, 0.1) is 49.2 Å². The fourth-order valence-corrected chi connectivity index (χ4v) is 6.44. The van der Waals surface area contributed by atoms with Gasteiger partial charge in [-0.1, -0.05) is 42.5 Å². The highest BCUT2D eigenvalue weighted by Gasteiger charge is 2.43. The molecule has 0 saturated carbocycles. The number of ether oxygens (including phenoxy) is 2. The van der Waals surface area contributed by atoms with E-state index >= 15 is 0 Å². The number of hydrogen-bond acceptors (Lipinski definition) is 9. The van der Waals surface area contributed by atoms with Gasteiger partial charge >= 0.3 is 6.09 Å². The quantitative estimate of drug-likeness (QED) is 0.215. The Morgan fingerprint density at radius 3 is 2.71 bits per heavy atom. The lowest BCUT2D eigenvalue weighted by Crippen LogP contribution is -2.37. The van der Waals surface area contributed by atoms with Crippen LogP contribution in [0.1, 0.15) is 33.3 Å². The molecule has 252 valence electrons. The number of anilines is 2. The molecule has 0 spiro atoms. The number of carboxylic acid groups (broad SMARTS) is 1. The summed E-state index contributed by atoms with van der Waals surface area (Å²) in [5, 5.41) is 13.5. The maximum absolute atomic E-state index is 14.0. The molecule has 2 aliphatic rings. The van der Waals surface area contributed by atoms with Crippen LogP contribution in [0.3, 0.4) is 0 Å². The minimum Gasteiger partial charge on any atom is -0.465 e. The SMILES string of the molecule is CN(C)Cc1nc(NC2c3c(cccc3-c3cnc4cc(F)ccn34)C(=O)N2C(=O)O)ccc1N1CCOCC(OCc2ccccc2)C1. The first-order chi connectivity index (χ1) is 23.8. The smallest absolute Gasteiger partial charge is 0.416 e. The van der Waals surface area contributed by atoms with Crippen molar-refractivity contribution in [1.29, 1.82) is 0 Å². The summed E-state index contributed by atoms with van der Waals surface area (Å²) in [7, 11) is 3.91. The van der Waals surface area contributed by atoms with Crippen molar-refractivity contribution in [2.24, 2.45) is 0 Å². The van der Waals surface area contributed by atoms with Gasteiger partial charge < -0.3 is 29.7 Å². The predicted molar refractivity (Wildman–Crippen MR) is 181 cm³/mol. The minimum absolute atomic E-state index is 0.160. The Labute approximate surface area is 282 Å². The van der Waals surface area contributed by atoms with E-state index in [1.54, 1.807) is 41.1 Å². The summed E-state index contributed by atoms with van der Waals surface area (Å²) in [6.07, 6.45) is 0.488. The molecule has 2 aliphatic heterocycles. The molecule has 5 heterocycles. The van der Waals surface area contributed by atoms with Crippen LogP contribution < -0.4 is 10.2 Å². The minimum atomic E-state index is -1.40. The van der Waals surface area contributed by atoms with Gasteiger partial charge in [0.1, 0.15) is 23.4 Å². The second-order valence-corrected chi connectivity index (χ2v) is 12.3. The largest absolute Gasteiger partial charge is 0.465 e. The van der Waals surface area contributed by atoms with Crippen LogP contribution in [-0.2, 0) is 22.6 Å². The van der Waals surface area contributed by atoms with E-state index in [2.05, 4.69) is 15.2 Å². The van der Waals surface area contributed by atoms with Crippen LogP contribution in [0.15, 0.2) is 85.2 Å². The zero-order valence-corrected chi connectivity index (χ0v) is 27.1. The van der Waals surface area contributed by atoms with E-state index in [1.165, 1.54) is 12.1 Å². The van der Waals surface area contributed by atoms with Gasteiger partial charge in [0, 0.05) is 48.6 Å². The number of carbonyl (C=O) groups excluding carboxylic acids is 1. The number of hydrogen-bond donors (Lipinski definition) is 2. The van der Waals surface area contributed by atoms with E-state index in [0.29, 0.717) is 67.7 Å². The van der Waals surface area contributed by atoms with Crippen molar-refractivity contribution < 1.29 is 28.6 Å². The Kier molecular flexibility index (Phi) is 8.95. The lowest BCUT2D eigenvalue weighted by atomic mass is 9.99. The van der Waals surface area contributed by atoms with E-state index in [0.717, 1.165) is 21.8 Å². The Morgan fingerprint density at radius 1 is 1.10 bits per heavy atom. The van der Waals surface area contributed by atoms with Crippen molar-refractivity contribution in [3.05, 3.63) is 113 Å². The monoisotopic (exact) mass is 665 g/mol. The standard InChI is InChI=1S/C36H36FN7O5/c1-41(2)20-28-29(42-15-16-48-22-25(19-42)49-21-23-7-4-3-5-8-23)11-12-31(39-28)40-34-33-26(9-6-10-27(33)35(45)44(34)36(46)47)30-18-38-32-17-24(37)13-14-43(30)32/h3-14,17-18,25,34H,15-16,19-22H2,1-2H3,(H,39,40)(H,46,47). The maximum Gasteiger partial charge on any atom is 0.416 e. The number of imidazole rings is 1. The van der Waals surface area contributed by atoms with Crippen molar-refractivity contribution in [1.82, 2.24) is 24.2 Å². The number of halogens is 1. The lowest BCUT2D eigenvalue weighted by molar-refractivity contribution is -0.00796. The summed E-state index contributed by atoms with van der Waals surface area (Å²) >= 11 is 0. The summed E-state index contributed by atoms with van der Waals surface area (Å²) in [5.41, 5.74) is 5.02. The van der Waals surface area contributed by atoms with Gasteiger partial charge in [-0.15, -0.1) is 0 Å². The van der Waals surface area contributed by atoms with Gasteiger partial charge in [-0.3, -0.25) is 9.20 Å². The molecule has 7 rings (SSSR count). The van der Waals surface area contributed by atoms with Crippen LogP contribution in [0.25, 0.3) is 16.9 Å². The topological polar surface area (TPSA) is 125 Å². The molecule has 13 heteroatoms. The number of nitrogens with one attached hydrogen (secondary N) is 1. The zero-order chi connectivity index (χ0) is 34.1. The molecule has 49 heavy (non-hydrogen) atoms. The molecule has 3 aromatic heterocycles. The molecule has 1 fully saturated rings. The number of rotatable bonds is 9. The van der Waals surface area contributed by atoms with Gasteiger partial charge in [0.15, 0.2) is 0 Å². The molecule has 12 nitrogen and oxygen atoms in total.